The normalized spacial score (nSPS) is 14.5. The van der Waals surface area contributed by atoms with Crippen molar-refractivity contribution in [3.8, 4) is 0 Å². The zero-order valence-electron chi connectivity index (χ0n) is 15.2. The number of rotatable bonds is 5. The van der Waals surface area contributed by atoms with E-state index in [2.05, 4.69) is 10.3 Å². The Kier molecular flexibility index (Phi) is 6.25. The molecule has 27 heavy (non-hydrogen) atoms. The van der Waals surface area contributed by atoms with Gasteiger partial charge >= 0.3 is 0 Å². The first-order valence-electron chi connectivity index (χ1n) is 9.14. The highest BCUT2D eigenvalue weighted by molar-refractivity contribution is 5.96. The summed E-state index contributed by atoms with van der Waals surface area (Å²) in [5.41, 5.74) is 1.42. The second-order valence-electron chi connectivity index (χ2n) is 6.54. The van der Waals surface area contributed by atoms with Gasteiger partial charge in [-0.15, -0.1) is 0 Å². The van der Waals surface area contributed by atoms with Crippen molar-refractivity contribution in [2.45, 2.75) is 12.8 Å². The van der Waals surface area contributed by atoms with Crippen LogP contribution in [0.1, 0.15) is 22.5 Å². The summed E-state index contributed by atoms with van der Waals surface area (Å²) in [5, 5.41) is 2.67. The smallest absolute Gasteiger partial charge is 0.251 e. The van der Waals surface area contributed by atoms with Crippen LogP contribution in [0.25, 0.3) is 0 Å². The maximum atomic E-state index is 12.4. The first-order chi connectivity index (χ1) is 13.1. The van der Waals surface area contributed by atoms with Crippen molar-refractivity contribution in [2.24, 2.45) is 0 Å². The zero-order valence-corrected chi connectivity index (χ0v) is 15.2. The molecule has 1 aromatic heterocycles. The molecular weight excluding hydrogens is 344 g/mol. The fraction of sp³-hybridized carbons (Fsp3) is 0.350. The van der Waals surface area contributed by atoms with Crippen LogP contribution < -0.4 is 5.32 Å². The number of hydrogen-bond acceptors (Lipinski definition) is 3. The summed E-state index contributed by atoms with van der Waals surface area (Å²) in [5.74, 6) is -0.330. The van der Waals surface area contributed by atoms with E-state index in [0.29, 0.717) is 38.2 Å². The summed E-state index contributed by atoms with van der Waals surface area (Å²) in [6, 6.07) is 12.6. The average Bonchev–Trinajstić information content (AvgIpc) is 3.07. The summed E-state index contributed by atoms with van der Waals surface area (Å²) >= 11 is 0. The van der Waals surface area contributed by atoms with Gasteiger partial charge in [-0.1, -0.05) is 18.2 Å². The van der Waals surface area contributed by atoms with Gasteiger partial charge in [0.25, 0.3) is 5.91 Å². The maximum absolute atomic E-state index is 12.4. The van der Waals surface area contributed by atoms with Crippen molar-refractivity contribution in [2.75, 3.05) is 32.7 Å². The molecule has 0 spiro atoms. The van der Waals surface area contributed by atoms with Crippen LogP contribution in [0.5, 0.6) is 0 Å². The summed E-state index contributed by atoms with van der Waals surface area (Å²) in [6.07, 6.45) is 2.87. The molecule has 0 unspecified atom stereocenters. The Hall–Kier alpha value is -3.09. The van der Waals surface area contributed by atoms with Gasteiger partial charge in [-0.2, -0.15) is 0 Å². The van der Waals surface area contributed by atoms with E-state index in [0.717, 1.165) is 12.1 Å². The number of carbonyl (C=O) groups is 3. The molecule has 0 atom stereocenters. The maximum Gasteiger partial charge on any atom is 0.251 e. The van der Waals surface area contributed by atoms with Crippen LogP contribution in [-0.4, -0.2) is 65.2 Å². The number of H-pyrrole nitrogens is 1. The molecular formula is C20H24N4O3. The van der Waals surface area contributed by atoms with Crippen molar-refractivity contribution in [1.29, 1.82) is 0 Å². The van der Waals surface area contributed by atoms with Crippen LogP contribution in [0.3, 0.4) is 0 Å². The molecule has 0 bridgehead atoms. The van der Waals surface area contributed by atoms with Crippen molar-refractivity contribution < 1.29 is 14.4 Å². The highest BCUT2D eigenvalue weighted by Gasteiger charge is 2.22. The molecule has 1 saturated heterocycles. The molecule has 0 saturated carbocycles. The van der Waals surface area contributed by atoms with Crippen LogP contribution in [-0.2, 0) is 16.0 Å². The van der Waals surface area contributed by atoms with E-state index in [9.17, 15) is 14.4 Å². The van der Waals surface area contributed by atoms with Crippen LogP contribution in [0.4, 0.5) is 0 Å². The van der Waals surface area contributed by atoms with E-state index in [-0.39, 0.29) is 24.3 Å². The molecule has 1 aromatic carbocycles. The lowest BCUT2D eigenvalue weighted by Gasteiger charge is -2.22. The molecule has 0 aliphatic carbocycles. The number of aromatic amines is 1. The van der Waals surface area contributed by atoms with Crippen LogP contribution >= 0.6 is 0 Å². The highest BCUT2D eigenvalue weighted by Crippen LogP contribution is 2.07. The van der Waals surface area contributed by atoms with Gasteiger partial charge in [0.2, 0.25) is 11.8 Å². The number of nitrogens with one attached hydrogen (secondary N) is 2. The number of amides is 3. The minimum atomic E-state index is -0.262. The van der Waals surface area contributed by atoms with Gasteiger partial charge in [-0.3, -0.25) is 14.4 Å². The van der Waals surface area contributed by atoms with Crippen molar-refractivity contribution in [3.05, 3.63) is 59.9 Å². The van der Waals surface area contributed by atoms with Gasteiger partial charge in [0.1, 0.15) is 0 Å². The van der Waals surface area contributed by atoms with Crippen LogP contribution in [0.15, 0.2) is 48.7 Å². The second kappa shape index (κ2) is 9.02. The molecule has 7 heteroatoms. The summed E-state index contributed by atoms with van der Waals surface area (Å²) in [7, 11) is 0. The monoisotopic (exact) mass is 368 g/mol. The highest BCUT2D eigenvalue weighted by atomic mass is 16.2. The van der Waals surface area contributed by atoms with E-state index in [1.165, 1.54) is 0 Å². The van der Waals surface area contributed by atoms with Gasteiger partial charge in [0.05, 0.1) is 13.0 Å². The molecule has 2 aromatic rings. The molecule has 2 N–H and O–H groups in total. The van der Waals surface area contributed by atoms with Gasteiger partial charge in [-0.25, -0.2) is 0 Å². The topological polar surface area (TPSA) is 85.5 Å². The van der Waals surface area contributed by atoms with Gasteiger partial charge in [0, 0.05) is 43.6 Å². The van der Waals surface area contributed by atoms with E-state index in [4.69, 9.17) is 0 Å². The lowest BCUT2D eigenvalue weighted by Crippen LogP contribution is -2.42. The van der Waals surface area contributed by atoms with Gasteiger partial charge in [-0.05, 0) is 30.7 Å². The molecule has 1 fully saturated rings. The van der Waals surface area contributed by atoms with Crippen molar-refractivity contribution in [1.82, 2.24) is 20.1 Å². The lowest BCUT2D eigenvalue weighted by atomic mass is 10.2. The number of benzene rings is 1. The molecule has 3 amide bonds. The lowest BCUT2D eigenvalue weighted by molar-refractivity contribution is -0.132. The first kappa shape index (κ1) is 18.7. The minimum absolute atomic E-state index is 0.0376. The Labute approximate surface area is 158 Å². The van der Waals surface area contributed by atoms with E-state index in [1.54, 1.807) is 40.3 Å². The third kappa shape index (κ3) is 5.20. The molecule has 7 nitrogen and oxygen atoms in total. The molecule has 1 aliphatic rings. The second-order valence-corrected chi connectivity index (χ2v) is 6.54. The van der Waals surface area contributed by atoms with Crippen molar-refractivity contribution in [3.63, 3.8) is 0 Å². The van der Waals surface area contributed by atoms with Crippen LogP contribution in [0.2, 0.25) is 0 Å². The Balaban J connectivity index is 1.46. The number of hydrogen-bond donors (Lipinski definition) is 2. The molecule has 1 aliphatic heterocycles. The molecule has 2 heterocycles. The number of nitrogens with zero attached hydrogens (tertiary/aromatic N) is 2. The average molecular weight is 368 g/mol. The summed E-state index contributed by atoms with van der Waals surface area (Å²) in [4.78, 5) is 43.4. The fourth-order valence-corrected chi connectivity index (χ4v) is 3.13. The third-order valence-electron chi connectivity index (χ3n) is 4.64. The Bertz CT molecular complexity index is 774. The minimum Gasteiger partial charge on any atom is -0.365 e. The SMILES string of the molecule is O=C(NCC(=O)N1CCCN(C(=O)Cc2ccc[nH]2)CC1)c1ccccc1. The van der Waals surface area contributed by atoms with Gasteiger partial charge in [0.15, 0.2) is 0 Å². The van der Waals surface area contributed by atoms with E-state index in [1.807, 2.05) is 18.2 Å². The van der Waals surface area contributed by atoms with Crippen LogP contribution in [0, 0.1) is 0 Å². The molecule has 0 radical (unpaired) electrons. The number of aromatic nitrogens is 1. The zero-order chi connectivity index (χ0) is 19.1. The van der Waals surface area contributed by atoms with E-state index < -0.39 is 0 Å². The number of carbonyl (C=O) groups excluding carboxylic acids is 3. The fourth-order valence-electron chi connectivity index (χ4n) is 3.13. The third-order valence-corrected chi connectivity index (χ3v) is 4.64. The predicted molar refractivity (Wildman–Crippen MR) is 101 cm³/mol. The predicted octanol–water partition coefficient (Wildman–Crippen LogP) is 1.05. The standard InChI is InChI=1S/C20H24N4O3/c25-18(14-17-8-4-9-21-17)23-10-5-11-24(13-12-23)19(26)15-22-20(27)16-6-2-1-3-7-16/h1-4,6-9,21H,5,10-15H2,(H,22,27). The van der Waals surface area contributed by atoms with Gasteiger partial charge < -0.3 is 20.1 Å². The first-order valence-corrected chi connectivity index (χ1v) is 9.14. The Morgan fingerprint density at radius 1 is 0.889 bits per heavy atom. The summed E-state index contributed by atoms with van der Waals surface area (Å²) < 4.78 is 0. The van der Waals surface area contributed by atoms with E-state index >= 15 is 0 Å². The Morgan fingerprint density at radius 2 is 1.59 bits per heavy atom. The Morgan fingerprint density at radius 3 is 2.26 bits per heavy atom. The summed E-state index contributed by atoms with van der Waals surface area (Å²) in [6.45, 7) is 2.19. The molecule has 142 valence electrons. The van der Waals surface area contributed by atoms with Crippen molar-refractivity contribution >= 4 is 17.7 Å². The largest absolute Gasteiger partial charge is 0.365 e. The molecule has 3 rings (SSSR count). The quantitative estimate of drug-likeness (QED) is 0.827.